The number of hydrogen-bond donors (Lipinski definition) is 6. The van der Waals surface area contributed by atoms with Crippen molar-refractivity contribution in [3.63, 3.8) is 0 Å². The number of anilines is 2. The van der Waals surface area contributed by atoms with E-state index in [0.717, 1.165) is 9.79 Å². The van der Waals surface area contributed by atoms with Crippen LogP contribution in [0.4, 0.5) is 21.2 Å². The normalized spacial score (nSPS) is 11.5. The number of pyridine rings is 2. The zero-order valence-electron chi connectivity index (χ0n) is 54.9. The lowest BCUT2D eigenvalue weighted by molar-refractivity contribution is 0.0456. The Kier molecular flexibility index (Phi) is 20.7. The maximum Gasteiger partial charge on any atom is 0.342 e. The highest BCUT2D eigenvalue weighted by Gasteiger charge is 2.34. The third kappa shape index (κ3) is 15.0. The van der Waals surface area contributed by atoms with Crippen molar-refractivity contribution in [3.05, 3.63) is 216 Å². The number of nitriles is 2. The molecule has 0 unspecified atom stereocenters. The predicted molar refractivity (Wildman–Crippen MR) is 385 cm³/mol. The number of aromatic hydroxyl groups is 2. The van der Waals surface area contributed by atoms with Crippen molar-refractivity contribution in [2.75, 3.05) is 49.6 Å². The number of carbonyl (C=O) groups excluding carboxylic acids is 2. The summed E-state index contributed by atoms with van der Waals surface area (Å²) in [6, 6.07) is 52.3. The number of amides is 4. The fourth-order valence-corrected chi connectivity index (χ4v) is 13.1. The van der Waals surface area contributed by atoms with Gasteiger partial charge in [0.1, 0.15) is 60.0 Å². The smallest absolute Gasteiger partial charge is 0.342 e. The minimum Gasteiger partial charge on any atom is -0.507 e. The summed E-state index contributed by atoms with van der Waals surface area (Å²) in [6.45, 7) is 7.41. The van der Waals surface area contributed by atoms with Crippen molar-refractivity contribution >= 4 is 82.0 Å². The molecule has 0 radical (unpaired) electrons. The number of aliphatic hydroxyl groups is 2. The van der Waals surface area contributed by atoms with Gasteiger partial charge in [0, 0.05) is 61.3 Å². The molecular formula is C72H66N16O8S4. The van der Waals surface area contributed by atoms with Gasteiger partial charge < -0.3 is 29.9 Å². The van der Waals surface area contributed by atoms with Crippen LogP contribution in [0.5, 0.6) is 23.0 Å². The van der Waals surface area contributed by atoms with Gasteiger partial charge >= 0.3 is 12.1 Å². The first kappa shape index (κ1) is 68.9. The number of urea groups is 2. The number of thioether (sulfide) groups is 2. The predicted octanol–water partition coefficient (Wildman–Crippen LogP) is 13.6. The number of nitrogens with one attached hydrogen (secondary N) is 2. The summed E-state index contributed by atoms with van der Waals surface area (Å²) < 4.78 is 17.3. The number of phenolic OH excluding ortho intramolecular Hbond substituents is 2. The Bertz CT molecular complexity index is 5100. The highest BCUT2D eigenvalue weighted by molar-refractivity contribution is 8.00. The number of carbonyl (C=O) groups is 2. The molecule has 0 fully saturated rings. The Morgan fingerprint density at radius 1 is 0.530 bits per heavy atom. The maximum absolute atomic E-state index is 16.4. The van der Waals surface area contributed by atoms with E-state index < -0.39 is 21.6 Å². The van der Waals surface area contributed by atoms with Crippen LogP contribution < -0.4 is 20.1 Å². The molecule has 0 atom stereocenters. The molecular weight excluding hydrogens is 1350 g/mol. The van der Waals surface area contributed by atoms with Crippen LogP contribution in [-0.2, 0) is 22.6 Å². The lowest BCUT2D eigenvalue weighted by Crippen LogP contribution is -2.52. The van der Waals surface area contributed by atoms with Gasteiger partial charge in [-0.2, -0.15) is 44.2 Å². The SMILES string of the molecule is CSC(C)(C)c1cc(NC(=O)N(Cc2ccccc2Sc2ccc3nnc(-c4ccc(O)c(C#N)c4)n3c2)N(Cc2ccccc2Sc2ccc3nnc(-c4ccc(O)c(C#N)c4)n3c2)C(=O)Nc2cc(C(C)(C)SC)nn2-c2cccc(OCCO)c2)n(-c2ccc(OCCO)cc2)n1. The van der Waals surface area contributed by atoms with Gasteiger partial charge in [-0.05, 0) is 161 Å². The molecule has 0 aliphatic rings. The number of hydrazine groups is 1. The molecule has 4 amide bonds. The van der Waals surface area contributed by atoms with Crippen LogP contribution in [0.25, 0.3) is 45.4 Å². The van der Waals surface area contributed by atoms with E-state index in [0.29, 0.717) is 89.2 Å². The van der Waals surface area contributed by atoms with Gasteiger partial charge in [0.05, 0.1) is 69.7 Å². The van der Waals surface area contributed by atoms with E-state index in [1.54, 1.807) is 114 Å². The summed E-state index contributed by atoms with van der Waals surface area (Å²) in [5.74, 6) is 2.03. The average molecular weight is 1410 g/mol. The third-order valence-electron chi connectivity index (χ3n) is 16.3. The molecule has 0 bridgehead atoms. The number of aliphatic hydroxyl groups excluding tert-OH is 2. The van der Waals surface area contributed by atoms with Crippen LogP contribution >= 0.6 is 47.0 Å². The Morgan fingerprint density at radius 2 is 0.990 bits per heavy atom. The number of fused-ring (bicyclic) bond motifs is 2. The van der Waals surface area contributed by atoms with E-state index in [9.17, 15) is 30.9 Å². The summed E-state index contributed by atoms with van der Waals surface area (Å²) in [6.07, 6.45) is 7.69. The van der Waals surface area contributed by atoms with Gasteiger partial charge in [0.2, 0.25) is 0 Å². The molecule has 28 heteroatoms. The molecule has 12 aromatic rings. The number of aromatic nitrogens is 10. The monoisotopic (exact) mass is 1410 g/mol. The highest BCUT2D eigenvalue weighted by Crippen LogP contribution is 2.40. The van der Waals surface area contributed by atoms with Crippen molar-refractivity contribution in [1.29, 1.82) is 10.5 Å². The number of ether oxygens (including phenoxy) is 2. The van der Waals surface area contributed by atoms with Crippen molar-refractivity contribution in [2.45, 2.75) is 69.9 Å². The molecule has 100 heavy (non-hydrogen) atoms. The molecule has 24 nitrogen and oxygen atoms in total. The highest BCUT2D eigenvalue weighted by atomic mass is 32.2. The Balaban J connectivity index is 1.00. The van der Waals surface area contributed by atoms with E-state index in [4.69, 9.17) is 19.7 Å². The molecule has 0 aliphatic heterocycles. The van der Waals surface area contributed by atoms with Crippen LogP contribution in [0.2, 0.25) is 0 Å². The topological polar surface area (TPSA) is 308 Å². The van der Waals surface area contributed by atoms with Crippen molar-refractivity contribution < 1.29 is 39.5 Å². The van der Waals surface area contributed by atoms with Crippen LogP contribution in [0.1, 0.15) is 61.3 Å². The number of rotatable bonds is 24. The summed E-state index contributed by atoms with van der Waals surface area (Å²) in [7, 11) is 0. The maximum atomic E-state index is 16.4. The summed E-state index contributed by atoms with van der Waals surface area (Å²) in [5, 5.41) is 96.8. The van der Waals surface area contributed by atoms with Crippen LogP contribution in [0.15, 0.2) is 202 Å². The standard InChI is InChI=1S/C72H66N16O8S4/c1-71(2,97-5)61-37-65(87(81-61)51-20-22-53(23-21-51)95-32-30-89)75-69(93)85(41-47-12-7-9-16-59(47)99-55-24-28-63-77-79-67(83(63)43-55)45-18-26-57(91)49(34-45)39-73)86(70(94)76-66-38-62(72(3,4)98-6)82-88(66)52-14-11-15-54(36-52)96-33-31-90)42-48-13-8-10-17-60(48)100-56-25-29-64-78-80-68(84(64)44-56)46-19-27-58(92)50(35-46)40-74/h7-29,34-38,43-44,89-92H,30-33,41-42H2,1-6H3,(H,75,93)(H,76,94). The fourth-order valence-electron chi connectivity index (χ4n) is 10.6. The average Bonchev–Trinajstić information content (AvgIpc) is 1.57. The second kappa shape index (κ2) is 30.0. The molecule has 6 aromatic heterocycles. The molecule has 0 saturated carbocycles. The second-order valence-electron chi connectivity index (χ2n) is 23.5. The first-order valence-electron chi connectivity index (χ1n) is 31.2. The van der Waals surface area contributed by atoms with Gasteiger partial charge in [-0.1, -0.05) is 66.0 Å². The first-order chi connectivity index (χ1) is 48.4. The van der Waals surface area contributed by atoms with Gasteiger partial charge in [-0.15, -0.1) is 20.4 Å². The van der Waals surface area contributed by atoms with E-state index in [-0.39, 0.29) is 73.8 Å². The van der Waals surface area contributed by atoms with Crippen LogP contribution in [0, 0.1) is 22.7 Å². The Hall–Kier alpha value is -11.0. The number of nitrogens with zero attached hydrogens (tertiary/aromatic N) is 14. The van der Waals surface area contributed by atoms with Crippen LogP contribution in [0.3, 0.4) is 0 Å². The first-order valence-corrected chi connectivity index (χ1v) is 35.3. The van der Waals surface area contributed by atoms with E-state index in [1.807, 2.05) is 150 Å². The van der Waals surface area contributed by atoms with Crippen molar-refractivity contribution in [3.8, 4) is 69.3 Å². The lowest BCUT2D eigenvalue weighted by atomic mass is 10.1. The Morgan fingerprint density at radius 3 is 1.45 bits per heavy atom. The summed E-state index contributed by atoms with van der Waals surface area (Å²) in [4.78, 5) is 35.8. The second-order valence-corrected chi connectivity index (χ2v) is 28.6. The molecule has 0 spiro atoms. The zero-order chi connectivity index (χ0) is 70.2. The molecule has 6 heterocycles. The molecule has 0 aliphatic carbocycles. The zero-order valence-corrected chi connectivity index (χ0v) is 58.1. The number of benzene rings is 6. The minimum absolute atomic E-state index is 0.0414. The van der Waals surface area contributed by atoms with Crippen LogP contribution in [-0.4, -0.2) is 130 Å². The van der Waals surface area contributed by atoms with Gasteiger partial charge in [-0.25, -0.2) is 29.0 Å². The van der Waals surface area contributed by atoms with E-state index in [2.05, 4.69) is 31.0 Å². The van der Waals surface area contributed by atoms with Gasteiger partial charge in [0.15, 0.2) is 22.9 Å². The molecule has 6 aromatic carbocycles. The molecule has 6 N–H and O–H groups in total. The minimum atomic E-state index is -0.737. The molecule has 0 saturated heterocycles. The van der Waals surface area contributed by atoms with Crippen molar-refractivity contribution in [2.24, 2.45) is 0 Å². The summed E-state index contributed by atoms with van der Waals surface area (Å²) in [5.41, 5.74) is 5.95. The lowest BCUT2D eigenvalue weighted by Gasteiger charge is -2.35. The van der Waals surface area contributed by atoms with Crippen molar-refractivity contribution in [1.82, 2.24) is 58.8 Å². The fraction of sp³-hybridized carbons (Fsp3) is 0.194. The third-order valence-corrected chi connectivity index (χ3v) is 21.0. The van der Waals surface area contributed by atoms with Gasteiger partial charge in [0.25, 0.3) is 0 Å². The largest absolute Gasteiger partial charge is 0.507 e. The number of hydrogen-bond acceptors (Lipinski definition) is 20. The molecule has 12 rings (SSSR count). The number of phenols is 2. The Labute approximate surface area is 591 Å². The molecule has 506 valence electrons. The van der Waals surface area contributed by atoms with E-state index >= 15 is 9.59 Å². The van der Waals surface area contributed by atoms with Gasteiger partial charge in [-0.3, -0.25) is 19.4 Å². The summed E-state index contributed by atoms with van der Waals surface area (Å²) >= 11 is 5.94. The quantitative estimate of drug-likeness (QED) is 0.0306. The van der Waals surface area contributed by atoms with E-state index in [1.165, 1.54) is 45.7 Å².